The lowest BCUT2D eigenvalue weighted by atomic mass is 10.1. The van der Waals surface area contributed by atoms with Crippen LogP contribution >= 0.6 is 0 Å². The van der Waals surface area contributed by atoms with E-state index in [0.29, 0.717) is 5.69 Å². The van der Waals surface area contributed by atoms with E-state index in [1.165, 1.54) is 6.07 Å². The predicted octanol–water partition coefficient (Wildman–Crippen LogP) is 1.71. The molecule has 1 aromatic carbocycles. The number of anilines is 1. The molecule has 0 saturated heterocycles. The van der Waals surface area contributed by atoms with Gasteiger partial charge in [0.05, 0.1) is 11.6 Å². The average molecular weight is 190 g/mol. The molecule has 0 aliphatic rings. The lowest BCUT2D eigenvalue weighted by Crippen LogP contribution is -2.14. The molecule has 14 heavy (non-hydrogen) atoms. The first-order valence-electron chi connectivity index (χ1n) is 4.13. The Hall–Kier alpha value is -2.02. The Kier molecular flexibility index (Phi) is 3.08. The van der Waals surface area contributed by atoms with Gasteiger partial charge in [0.25, 0.3) is 0 Å². The van der Waals surface area contributed by atoms with Crippen molar-refractivity contribution in [3.05, 3.63) is 29.8 Å². The summed E-state index contributed by atoms with van der Waals surface area (Å²) < 4.78 is 0. The first kappa shape index (κ1) is 10.1. The zero-order chi connectivity index (χ0) is 10.6. The monoisotopic (exact) mass is 190 g/mol. The van der Waals surface area contributed by atoms with Gasteiger partial charge in [-0.25, -0.2) is 4.79 Å². The summed E-state index contributed by atoms with van der Waals surface area (Å²) in [5.41, 5.74) is 0.642. The number of nitrogens with zero attached hydrogens (tertiary/aromatic N) is 1. The second-order valence-electron chi connectivity index (χ2n) is 2.85. The molecule has 1 rings (SSSR count). The summed E-state index contributed by atoms with van der Waals surface area (Å²) in [4.78, 5) is 10.8. The van der Waals surface area contributed by atoms with Gasteiger partial charge in [-0.3, -0.25) is 0 Å². The Bertz CT molecular complexity index is 382. The molecule has 0 bridgehead atoms. The molecule has 72 valence electrons. The second kappa shape index (κ2) is 4.28. The van der Waals surface area contributed by atoms with Gasteiger partial charge in [0.15, 0.2) is 0 Å². The number of carboxylic acids is 1. The van der Waals surface area contributed by atoms with E-state index in [-0.39, 0.29) is 5.56 Å². The molecule has 0 aliphatic carbocycles. The minimum absolute atomic E-state index is 0.176. The van der Waals surface area contributed by atoms with Crippen molar-refractivity contribution in [2.24, 2.45) is 0 Å². The Balaban J connectivity index is 2.97. The number of para-hydroxylation sites is 1. The molecule has 4 nitrogen and oxygen atoms in total. The van der Waals surface area contributed by atoms with Gasteiger partial charge in [-0.05, 0) is 19.1 Å². The molecule has 1 unspecified atom stereocenters. The van der Waals surface area contributed by atoms with E-state index in [0.717, 1.165) is 0 Å². The van der Waals surface area contributed by atoms with Gasteiger partial charge < -0.3 is 10.4 Å². The van der Waals surface area contributed by atoms with Crippen molar-refractivity contribution in [2.45, 2.75) is 13.0 Å². The summed E-state index contributed by atoms with van der Waals surface area (Å²) in [6.07, 6.45) is 0. The van der Waals surface area contributed by atoms with Crippen LogP contribution in [0.25, 0.3) is 0 Å². The molecule has 0 saturated carbocycles. The highest BCUT2D eigenvalue weighted by Gasteiger charge is 2.09. The first-order chi connectivity index (χ1) is 6.65. The molecule has 0 amide bonds. The van der Waals surface area contributed by atoms with E-state index in [9.17, 15) is 4.79 Å². The third-order valence-electron chi connectivity index (χ3n) is 1.72. The maximum atomic E-state index is 10.8. The van der Waals surface area contributed by atoms with Gasteiger partial charge in [-0.2, -0.15) is 5.26 Å². The summed E-state index contributed by atoms with van der Waals surface area (Å²) in [6, 6.07) is 8.07. The number of carbonyl (C=O) groups is 1. The Morgan fingerprint density at radius 3 is 2.79 bits per heavy atom. The number of nitriles is 1. The van der Waals surface area contributed by atoms with Crippen molar-refractivity contribution >= 4 is 11.7 Å². The van der Waals surface area contributed by atoms with Crippen LogP contribution in [0.5, 0.6) is 0 Å². The van der Waals surface area contributed by atoms with E-state index in [1.54, 1.807) is 25.1 Å². The van der Waals surface area contributed by atoms with Crippen LogP contribution in [0.15, 0.2) is 24.3 Å². The Labute approximate surface area is 81.8 Å². The highest BCUT2D eigenvalue weighted by molar-refractivity contribution is 5.94. The van der Waals surface area contributed by atoms with E-state index < -0.39 is 12.0 Å². The maximum absolute atomic E-state index is 10.8. The highest BCUT2D eigenvalue weighted by atomic mass is 16.4. The van der Waals surface area contributed by atoms with Gasteiger partial charge in [-0.15, -0.1) is 0 Å². The third-order valence-corrected chi connectivity index (χ3v) is 1.72. The van der Waals surface area contributed by atoms with Crippen LogP contribution in [-0.4, -0.2) is 17.1 Å². The van der Waals surface area contributed by atoms with Crippen molar-refractivity contribution in [1.29, 1.82) is 5.26 Å². The number of hydrogen-bond acceptors (Lipinski definition) is 3. The van der Waals surface area contributed by atoms with Gasteiger partial charge >= 0.3 is 5.97 Å². The second-order valence-corrected chi connectivity index (χ2v) is 2.85. The lowest BCUT2D eigenvalue weighted by molar-refractivity contribution is 0.0698. The quantitative estimate of drug-likeness (QED) is 0.760. The summed E-state index contributed by atoms with van der Waals surface area (Å²) >= 11 is 0. The number of rotatable bonds is 3. The molecule has 1 aromatic rings. The molecule has 0 radical (unpaired) electrons. The van der Waals surface area contributed by atoms with Crippen molar-refractivity contribution in [2.75, 3.05) is 5.32 Å². The third kappa shape index (κ3) is 2.23. The van der Waals surface area contributed by atoms with Crippen molar-refractivity contribution < 1.29 is 9.90 Å². The van der Waals surface area contributed by atoms with Gasteiger partial charge in [0.1, 0.15) is 6.04 Å². The average Bonchev–Trinajstić information content (AvgIpc) is 2.18. The Morgan fingerprint density at radius 2 is 2.21 bits per heavy atom. The molecule has 2 N–H and O–H groups in total. The van der Waals surface area contributed by atoms with E-state index >= 15 is 0 Å². The summed E-state index contributed by atoms with van der Waals surface area (Å²) in [5, 5.41) is 20.2. The number of aromatic carboxylic acids is 1. The summed E-state index contributed by atoms with van der Waals surface area (Å²) in [5.74, 6) is -1.00. The fourth-order valence-electron chi connectivity index (χ4n) is 1.06. The van der Waals surface area contributed by atoms with Crippen LogP contribution in [-0.2, 0) is 0 Å². The smallest absolute Gasteiger partial charge is 0.337 e. The molecular weight excluding hydrogens is 180 g/mol. The molecule has 0 aliphatic heterocycles. The van der Waals surface area contributed by atoms with Crippen LogP contribution in [0.2, 0.25) is 0 Å². The number of nitrogens with one attached hydrogen (secondary N) is 1. The molecule has 1 atom stereocenters. The number of benzene rings is 1. The van der Waals surface area contributed by atoms with Crippen LogP contribution in [0.3, 0.4) is 0 Å². The van der Waals surface area contributed by atoms with Crippen molar-refractivity contribution in [1.82, 2.24) is 0 Å². The van der Waals surface area contributed by atoms with Crippen molar-refractivity contribution in [3.8, 4) is 6.07 Å². The zero-order valence-electron chi connectivity index (χ0n) is 7.69. The fraction of sp³-hybridized carbons (Fsp3) is 0.200. The van der Waals surface area contributed by atoms with E-state index in [1.807, 2.05) is 6.07 Å². The van der Waals surface area contributed by atoms with E-state index in [2.05, 4.69) is 5.32 Å². The largest absolute Gasteiger partial charge is 0.478 e. The van der Waals surface area contributed by atoms with Crippen LogP contribution in [0, 0.1) is 11.3 Å². The summed E-state index contributed by atoms with van der Waals surface area (Å²) in [7, 11) is 0. The molecule has 0 fully saturated rings. The van der Waals surface area contributed by atoms with Gasteiger partial charge in [0.2, 0.25) is 0 Å². The highest BCUT2D eigenvalue weighted by Crippen LogP contribution is 2.15. The predicted molar refractivity (Wildman–Crippen MR) is 52.1 cm³/mol. The standard InChI is InChI=1S/C10H10N2O2/c1-7(6-11)12-9-5-3-2-4-8(9)10(13)14/h2-5,7,12H,1H3,(H,13,14). The normalized spacial score (nSPS) is 11.4. The lowest BCUT2D eigenvalue weighted by Gasteiger charge is -2.10. The minimum atomic E-state index is -1.00. The topological polar surface area (TPSA) is 73.1 Å². The van der Waals surface area contributed by atoms with Crippen LogP contribution in [0.1, 0.15) is 17.3 Å². The molecule has 0 heterocycles. The SMILES string of the molecule is CC(C#N)Nc1ccccc1C(=O)O. The molecule has 4 heteroatoms. The van der Waals surface area contributed by atoms with Gasteiger partial charge in [0, 0.05) is 5.69 Å². The molecular formula is C10H10N2O2. The number of hydrogen-bond donors (Lipinski definition) is 2. The summed E-state index contributed by atoms with van der Waals surface area (Å²) in [6.45, 7) is 1.67. The zero-order valence-corrected chi connectivity index (χ0v) is 7.69. The van der Waals surface area contributed by atoms with Crippen LogP contribution in [0.4, 0.5) is 5.69 Å². The van der Waals surface area contributed by atoms with Gasteiger partial charge in [-0.1, -0.05) is 12.1 Å². The van der Waals surface area contributed by atoms with E-state index in [4.69, 9.17) is 10.4 Å². The Morgan fingerprint density at radius 1 is 1.57 bits per heavy atom. The fourth-order valence-corrected chi connectivity index (χ4v) is 1.06. The van der Waals surface area contributed by atoms with Crippen LogP contribution < -0.4 is 5.32 Å². The minimum Gasteiger partial charge on any atom is -0.478 e. The maximum Gasteiger partial charge on any atom is 0.337 e. The van der Waals surface area contributed by atoms with Crippen molar-refractivity contribution in [3.63, 3.8) is 0 Å². The number of carboxylic acid groups (broad SMARTS) is 1. The molecule has 0 aromatic heterocycles. The molecule has 0 spiro atoms. The first-order valence-corrected chi connectivity index (χ1v) is 4.13.